The summed E-state index contributed by atoms with van der Waals surface area (Å²) in [5, 5.41) is 0. The summed E-state index contributed by atoms with van der Waals surface area (Å²) in [6.07, 6.45) is 17.3. The van der Waals surface area contributed by atoms with Gasteiger partial charge in [0.15, 0.2) is 0 Å². The van der Waals surface area contributed by atoms with Crippen molar-refractivity contribution < 1.29 is 17.4 Å². The molecule has 0 aliphatic heterocycles. The molecule has 8 aliphatic carbocycles. The van der Waals surface area contributed by atoms with Gasteiger partial charge in [-0.1, -0.05) is 154 Å². The van der Waals surface area contributed by atoms with Crippen molar-refractivity contribution in [3.8, 4) is 0 Å². The Balaban J connectivity index is 0.000000125. The normalized spacial score (nSPS) is 53.0. The second-order valence-corrected chi connectivity index (χ2v) is 18.0. The molecule has 12 unspecified atom stereocenters. The summed E-state index contributed by atoms with van der Waals surface area (Å²) in [7, 11) is 0. The van der Waals surface area contributed by atoms with Crippen LogP contribution in [-0.2, 0) is 17.4 Å². The van der Waals surface area contributed by atoms with Gasteiger partial charge in [0.2, 0.25) is 0 Å². The largest absolute Gasteiger partial charge is 4.00 e. The summed E-state index contributed by atoms with van der Waals surface area (Å²) in [6, 6.07) is 0. The zero-order valence-electron chi connectivity index (χ0n) is 29.5. The van der Waals surface area contributed by atoms with Gasteiger partial charge in [-0.15, -0.1) is 0 Å². The fourth-order valence-corrected chi connectivity index (χ4v) is 11.6. The SMILES string of the molecule is CC1C[C-]2CCC1(C)C2C.CC1C[C-]2CCC1(C)C2C.CC1C[C-]2CCC1(C)C2C.CC1C[C-]2CCC1(C)C2C.[Cr+4]. The van der Waals surface area contributed by atoms with E-state index in [4.69, 9.17) is 0 Å². The summed E-state index contributed by atoms with van der Waals surface area (Å²) in [6.45, 7) is 29.3. The molecule has 1 heteroatoms. The van der Waals surface area contributed by atoms with Crippen molar-refractivity contribution in [2.45, 2.75) is 160 Å². The van der Waals surface area contributed by atoms with Gasteiger partial charge >= 0.3 is 17.4 Å². The van der Waals surface area contributed by atoms with Crippen molar-refractivity contribution in [2.75, 3.05) is 0 Å². The third kappa shape index (κ3) is 5.51. The molecule has 0 nitrogen and oxygen atoms in total. The first kappa shape index (κ1) is 34.4. The minimum absolute atomic E-state index is 0. The molecule has 0 N–H and O–H groups in total. The number of rotatable bonds is 0. The number of fused-ring (bicyclic) bond motifs is 8. The average molecular weight is 601 g/mol. The maximum absolute atomic E-state index is 2.47. The maximum atomic E-state index is 2.47. The van der Waals surface area contributed by atoms with Crippen molar-refractivity contribution in [1.29, 1.82) is 0 Å². The molecule has 0 spiro atoms. The smallest absolute Gasteiger partial charge is 0.310 e. The Labute approximate surface area is 269 Å². The van der Waals surface area contributed by atoms with Gasteiger partial charge in [-0.3, -0.25) is 0 Å². The molecule has 234 valence electrons. The molecule has 0 saturated heterocycles. The van der Waals surface area contributed by atoms with Crippen LogP contribution in [0.3, 0.4) is 0 Å². The maximum Gasteiger partial charge on any atom is 4.00 e. The van der Waals surface area contributed by atoms with E-state index in [2.05, 4.69) is 83.1 Å². The molecule has 0 aromatic rings. The van der Waals surface area contributed by atoms with Gasteiger partial charge in [-0.2, -0.15) is 75.0 Å². The van der Waals surface area contributed by atoms with E-state index >= 15 is 0 Å². The third-order valence-corrected chi connectivity index (χ3v) is 17.1. The van der Waals surface area contributed by atoms with E-state index in [1.165, 1.54) is 77.0 Å². The second kappa shape index (κ2) is 12.0. The van der Waals surface area contributed by atoms with Gasteiger partial charge in [0, 0.05) is 0 Å². The standard InChI is InChI=1S/4C10H17.Cr/c4*1-7-6-9-4-5-10(7,3)8(9)2;/h4*7-8H,4-6H2,1-3H3;/q4*-1;+4. The van der Waals surface area contributed by atoms with Crippen LogP contribution in [0.25, 0.3) is 0 Å². The van der Waals surface area contributed by atoms with Crippen LogP contribution in [0.2, 0.25) is 0 Å². The molecular weight excluding hydrogens is 532 g/mol. The summed E-state index contributed by atoms with van der Waals surface area (Å²) in [4.78, 5) is 0. The molecule has 8 bridgehead atoms. The first-order chi connectivity index (χ1) is 18.6. The summed E-state index contributed by atoms with van der Waals surface area (Å²) in [5.74, 6) is 15.0. The Morgan fingerprint density at radius 1 is 0.366 bits per heavy atom. The van der Waals surface area contributed by atoms with Crippen LogP contribution in [0.1, 0.15) is 160 Å². The monoisotopic (exact) mass is 600 g/mol. The summed E-state index contributed by atoms with van der Waals surface area (Å²) < 4.78 is 0. The van der Waals surface area contributed by atoms with E-state index in [1.54, 1.807) is 0 Å². The van der Waals surface area contributed by atoms with Crippen LogP contribution in [0.15, 0.2) is 0 Å². The fourth-order valence-electron chi connectivity index (χ4n) is 11.6. The molecule has 0 amide bonds. The van der Waals surface area contributed by atoms with Crippen molar-refractivity contribution in [2.24, 2.45) is 69.0 Å². The molecule has 8 rings (SSSR count). The molecule has 8 saturated carbocycles. The van der Waals surface area contributed by atoms with E-state index in [0.717, 1.165) is 47.3 Å². The van der Waals surface area contributed by atoms with Gasteiger partial charge in [0.05, 0.1) is 0 Å². The second-order valence-electron chi connectivity index (χ2n) is 18.0. The Bertz CT molecular complexity index is 751. The molecular formula is C40H68Cr. The molecule has 8 aliphatic rings. The van der Waals surface area contributed by atoms with Gasteiger partial charge in [-0.25, -0.2) is 0 Å². The van der Waals surface area contributed by atoms with Crippen molar-refractivity contribution in [3.63, 3.8) is 0 Å². The van der Waals surface area contributed by atoms with Crippen LogP contribution in [-0.4, -0.2) is 0 Å². The van der Waals surface area contributed by atoms with E-state index in [0.29, 0.717) is 21.7 Å². The first-order valence-corrected chi connectivity index (χ1v) is 18.0. The molecule has 0 aromatic heterocycles. The minimum Gasteiger partial charge on any atom is -0.310 e. The Hall–Kier alpha value is 0.532. The molecule has 12 atom stereocenters. The van der Waals surface area contributed by atoms with Gasteiger partial charge in [0.1, 0.15) is 0 Å². The van der Waals surface area contributed by atoms with E-state index in [1.807, 2.05) is 23.7 Å². The van der Waals surface area contributed by atoms with Crippen LogP contribution < -0.4 is 0 Å². The van der Waals surface area contributed by atoms with Crippen molar-refractivity contribution in [3.05, 3.63) is 23.7 Å². The van der Waals surface area contributed by atoms with Crippen molar-refractivity contribution in [1.82, 2.24) is 0 Å². The quantitative estimate of drug-likeness (QED) is 0.243. The first-order valence-electron chi connectivity index (χ1n) is 18.0. The fraction of sp³-hybridized carbons (Fsp3) is 0.900. The van der Waals surface area contributed by atoms with Crippen LogP contribution in [0, 0.1) is 92.7 Å². The van der Waals surface area contributed by atoms with Gasteiger partial charge in [-0.05, 0) is 0 Å². The van der Waals surface area contributed by atoms with Gasteiger partial charge in [0.25, 0.3) is 0 Å². The zero-order valence-corrected chi connectivity index (χ0v) is 30.8. The van der Waals surface area contributed by atoms with Crippen molar-refractivity contribution >= 4 is 0 Å². The average Bonchev–Trinajstić information content (AvgIpc) is 3.73. The van der Waals surface area contributed by atoms with E-state index in [9.17, 15) is 0 Å². The molecule has 8 fully saturated rings. The number of hydrogen-bond donors (Lipinski definition) is 0. The summed E-state index contributed by atoms with van der Waals surface area (Å²) >= 11 is 0. The number of hydrogen-bond acceptors (Lipinski definition) is 0. The van der Waals surface area contributed by atoms with E-state index in [-0.39, 0.29) is 17.4 Å². The third-order valence-electron chi connectivity index (χ3n) is 17.1. The summed E-state index contributed by atoms with van der Waals surface area (Å²) in [5.41, 5.74) is 2.76. The van der Waals surface area contributed by atoms with Gasteiger partial charge < -0.3 is 23.7 Å². The van der Waals surface area contributed by atoms with Crippen LogP contribution in [0.4, 0.5) is 0 Å². The topological polar surface area (TPSA) is 0 Å². The Morgan fingerprint density at radius 2 is 0.537 bits per heavy atom. The Kier molecular flexibility index (Phi) is 10.1. The van der Waals surface area contributed by atoms with Crippen LogP contribution in [0.5, 0.6) is 0 Å². The predicted octanol–water partition coefficient (Wildman–Crippen LogP) is 12.1. The predicted molar refractivity (Wildman–Crippen MR) is 174 cm³/mol. The molecule has 0 aromatic carbocycles. The zero-order chi connectivity index (χ0) is 29.4. The van der Waals surface area contributed by atoms with Crippen LogP contribution >= 0.6 is 0 Å². The molecule has 0 radical (unpaired) electrons. The molecule has 0 heterocycles. The van der Waals surface area contributed by atoms with E-state index < -0.39 is 0 Å². The molecule has 41 heavy (non-hydrogen) atoms. The minimum atomic E-state index is 0. The Morgan fingerprint density at radius 3 is 0.585 bits per heavy atom.